The van der Waals surface area contributed by atoms with Crippen LogP contribution < -0.4 is 11.1 Å². The van der Waals surface area contributed by atoms with E-state index in [4.69, 9.17) is 5.73 Å². The van der Waals surface area contributed by atoms with Gasteiger partial charge in [0.15, 0.2) is 0 Å². The van der Waals surface area contributed by atoms with Gasteiger partial charge in [0, 0.05) is 12.1 Å². The van der Waals surface area contributed by atoms with Gasteiger partial charge in [0.2, 0.25) is 5.91 Å². The first kappa shape index (κ1) is 15.1. The molecule has 0 fully saturated rings. The molecule has 0 aliphatic carbocycles. The number of non-ortho nitro benzene ring substituents is 1. The van der Waals surface area contributed by atoms with Crippen molar-refractivity contribution in [2.75, 3.05) is 5.32 Å². The van der Waals surface area contributed by atoms with Gasteiger partial charge >= 0.3 is 0 Å². The van der Waals surface area contributed by atoms with Gasteiger partial charge in [-0.05, 0) is 25.8 Å². The molecule has 0 aliphatic rings. The Morgan fingerprint density at radius 2 is 2.16 bits per heavy atom. The summed E-state index contributed by atoms with van der Waals surface area (Å²) in [7, 11) is 0. The van der Waals surface area contributed by atoms with Gasteiger partial charge in [-0.15, -0.1) is 0 Å². The van der Waals surface area contributed by atoms with Crippen LogP contribution >= 0.6 is 0 Å². The summed E-state index contributed by atoms with van der Waals surface area (Å²) in [6.45, 7) is 5.36. The van der Waals surface area contributed by atoms with Crippen LogP contribution in [0.2, 0.25) is 0 Å². The average molecular weight is 265 g/mol. The fourth-order valence-electron chi connectivity index (χ4n) is 1.76. The van der Waals surface area contributed by atoms with E-state index in [-0.39, 0.29) is 11.6 Å². The van der Waals surface area contributed by atoms with Crippen LogP contribution in [-0.2, 0) is 4.79 Å². The van der Waals surface area contributed by atoms with Crippen molar-refractivity contribution in [2.24, 2.45) is 5.73 Å². The number of anilines is 1. The molecule has 1 aromatic rings. The molecule has 6 nitrogen and oxygen atoms in total. The van der Waals surface area contributed by atoms with Crippen molar-refractivity contribution in [2.45, 2.75) is 39.2 Å². The second-order valence-electron chi connectivity index (χ2n) is 4.88. The lowest BCUT2D eigenvalue weighted by Gasteiger charge is -2.23. The fraction of sp³-hybridized carbons (Fsp3) is 0.462. The van der Waals surface area contributed by atoms with Crippen LogP contribution in [0, 0.1) is 17.0 Å². The topological polar surface area (TPSA) is 98.3 Å². The first-order valence-electron chi connectivity index (χ1n) is 6.13. The number of hydrogen-bond acceptors (Lipinski definition) is 4. The minimum Gasteiger partial charge on any atom is -0.324 e. The summed E-state index contributed by atoms with van der Waals surface area (Å²) >= 11 is 0. The number of carbonyl (C=O) groups is 1. The molecule has 0 aromatic heterocycles. The number of nitrogens with two attached hydrogens (primary N) is 1. The molecule has 19 heavy (non-hydrogen) atoms. The number of benzene rings is 1. The van der Waals surface area contributed by atoms with E-state index in [1.165, 1.54) is 12.1 Å². The Morgan fingerprint density at radius 1 is 1.53 bits per heavy atom. The van der Waals surface area contributed by atoms with E-state index in [0.29, 0.717) is 12.1 Å². The summed E-state index contributed by atoms with van der Waals surface area (Å²) in [6.07, 6.45) is 1.33. The highest BCUT2D eigenvalue weighted by molar-refractivity contribution is 5.98. The second-order valence-corrected chi connectivity index (χ2v) is 4.88. The summed E-state index contributed by atoms with van der Waals surface area (Å²) in [5.74, 6) is -0.335. The molecule has 0 radical (unpaired) electrons. The van der Waals surface area contributed by atoms with Gasteiger partial charge in [-0.2, -0.15) is 0 Å². The van der Waals surface area contributed by atoms with E-state index in [2.05, 4.69) is 5.32 Å². The maximum absolute atomic E-state index is 12.1. The van der Waals surface area contributed by atoms with E-state index in [0.717, 1.165) is 12.0 Å². The third-order valence-electron chi connectivity index (χ3n) is 2.97. The largest absolute Gasteiger partial charge is 0.324 e. The molecule has 0 saturated carbocycles. The molecular formula is C13H19N3O3. The fourth-order valence-corrected chi connectivity index (χ4v) is 1.76. The summed E-state index contributed by atoms with van der Waals surface area (Å²) in [4.78, 5) is 22.3. The number of nitrogens with zero attached hydrogens (tertiary/aromatic N) is 1. The summed E-state index contributed by atoms with van der Waals surface area (Å²) in [5.41, 5.74) is 6.06. The monoisotopic (exact) mass is 265 g/mol. The number of rotatable bonds is 5. The maximum atomic E-state index is 12.1. The van der Waals surface area contributed by atoms with Gasteiger partial charge < -0.3 is 11.1 Å². The number of aryl methyl sites for hydroxylation is 1. The van der Waals surface area contributed by atoms with Gasteiger partial charge in [-0.3, -0.25) is 14.9 Å². The summed E-state index contributed by atoms with van der Waals surface area (Å²) in [6, 6.07) is 4.34. The normalized spacial score (nSPS) is 13.7. The maximum Gasteiger partial charge on any atom is 0.271 e. The minimum absolute atomic E-state index is 0.0601. The lowest BCUT2D eigenvalue weighted by atomic mass is 9.96. The molecule has 3 N–H and O–H groups in total. The molecule has 0 bridgehead atoms. The molecule has 0 heterocycles. The highest BCUT2D eigenvalue weighted by Gasteiger charge is 2.27. The van der Waals surface area contributed by atoms with Gasteiger partial charge in [-0.1, -0.05) is 19.4 Å². The molecule has 1 unspecified atom stereocenters. The first-order valence-corrected chi connectivity index (χ1v) is 6.13. The van der Waals surface area contributed by atoms with E-state index >= 15 is 0 Å². The second kappa shape index (κ2) is 5.79. The molecule has 1 atom stereocenters. The number of hydrogen-bond donors (Lipinski definition) is 2. The SMILES string of the molecule is CCCC(C)(N)C(=O)Nc1cc([N+](=O)[O-])ccc1C. The zero-order valence-corrected chi connectivity index (χ0v) is 11.4. The average Bonchev–Trinajstić information content (AvgIpc) is 2.31. The van der Waals surface area contributed by atoms with Crippen LogP contribution in [0.15, 0.2) is 18.2 Å². The molecule has 104 valence electrons. The Labute approximate surface area is 112 Å². The van der Waals surface area contributed by atoms with Crippen molar-refractivity contribution in [3.63, 3.8) is 0 Å². The van der Waals surface area contributed by atoms with Crippen molar-refractivity contribution < 1.29 is 9.72 Å². The molecule has 1 rings (SSSR count). The minimum atomic E-state index is -0.980. The lowest BCUT2D eigenvalue weighted by Crippen LogP contribution is -2.48. The quantitative estimate of drug-likeness (QED) is 0.630. The molecule has 0 aliphatic heterocycles. The third kappa shape index (κ3) is 3.75. The van der Waals surface area contributed by atoms with E-state index < -0.39 is 10.5 Å². The smallest absolute Gasteiger partial charge is 0.271 e. The Morgan fingerprint density at radius 3 is 2.68 bits per heavy atom. The van der Waals surface area contributed by atoms with Crippen LogP contribution in [0.1, 0.15) is 32.3 Å². The number of amides is 1. The predicted molar refractivity (Wildman–Crippen MR) is 74.0 cm³/mol. The van der Waals surface area contributed by atoms with E-state index in [9.17, 15) is 14.9 Å². The molecule has 0 saturated heterocycles. The van der Waals surface area contributed by atoms with Gasteiger partial charge in [0.25, 0.3) is 5.69 Å². The first-order chi connectivity index (χ1) is 8.77. The van der Waals surface area contributed by atoms with Crippen LogP contribution in [-0.4, -0.2) is 16.4 Å². The molecule has 1 amide bonds. The molecule has 0 spiro atoms. The van der Waals surface area contributed by atoms with Crippen molar-refractivity contribution in [3.05, 3.63) is 33.9 Å². The number of nitrogens with one attached hydrogen (secondary N) is 1. The van der Waals surface area contributed by atoms with Gasteiger partial charge in [0.1, 0.15) is 0 Å². The predicted octanol–water partition coefficient (Wildman–Crippen LogP) is 2.36. The Kier molecular flexibility index (Phi) is 4.61. The Bertz CT molecular complexity index is 498. The molecule has 1 aromatic carbocycles. The van der Waals surface area contributed by atoms with E-state index in [1.54, 1.807) is 19.9 Å². The highest BCUT2D eigenvalue weighted by atomic mass is 16.6. The highest BCUT2D eigenvalue weighted by Crippen LogP contribution is 2.23. The molecular weight excluding hydrogens is 246 g/mol. The summed E-state index contributed by atoms with van der Waals surface area (Å²) < 4.78 is 0. The van der Waals surface area contributed by atoms with Crippen LogP contribution in [0.25, 0.3) is 0 Å². The zero-order chi connectivity index (χ0) is 14.6. The number of carbonyl (C=O) groups excluding carboxylic acids is 1. The summed E-state index contributed by atoms with van der Waals surface area (Å²) in [5, 5.41) is 13.4. The lowest BCUT2D eigenvalue weighted by molar-refractivity contribution is -0.384. The van der Waals surface area contributed by atoms with Crippen molar-refractivity contribution >= 4 is 17.3 Å². The number of nitro benzene ring substituents is 1. The number of nitro groups is 1. The van der Waals surface area contributed by atoms with Crippen LogP contribution in [0.3, 0.4) is 0 Å². The van der Waals surface area contributed by atoms with Crippen molar-refractivity contribution in [3.8, 4) is 0 Å². The van der Waals surface area contributed by atoms with E-state index in [1.807, 2.05) is 6.92 Å². The Hall–Kier alpha value is -1.95. The third-order valence-corrected chi connectivity index (χ3v) is 2.97. The van der Waals surface area contributed by atoms with Crippen molar-refractivity contribution in [1.29, 1.82) is 0 Å². The molecule has 6 heteroatoms. The standard InChI is InChI=1S/C13H19N3O3/c1-4-7-13(3,14)12(17)15-11-8-10(16(18)19)6-5-9(11)2/h5-6,8H,4,7,14H2,1-3H3,(H,15,17). The van der Waals surface area contributed by atoms with Gasteiger partial charge in [0.05, 0.1) is 16.1 Å². The van der Waals surface area contributed by atoms with Crippen molar-refractivity contribution in [1.82, 2.24) is 0 Å². The Balaban J connectivity index is 2.96. The zero-order valence-electron chi connectivity index (χ0n) is 11.4. The van der Waals surface area contributed by atoms with Crippen LogP contribution in [0.5, 0.6) is 0 Å². The van der Waals surface area contributed by atoms with Gasteiger partial charge in [-0.25, -0.2) is 0 Å². The van der Waals surface area contributed by atoms with Crippen LogP contribution in [0.4, 0.5) is 11.4 Å².